The monoisotopic (exact) mass is 260 g/mol. The van der Waals surface area contributed by atoms with E-state index in [1.165, 1.54) is 0 Å². The van der Waals surface area contributed by atoms with E-state index in [-0.39, 0.29) is 31.6 Å². The zero-order chi connectivity index (χ0) is 14.1. The summed E-state index contributed by atoms with van der Waals surface area (Å²) in [7, 11) is 0. The Balaban J connectivity index is 4.50. The first kappa shape index (κ1) is 16.7. The van der Waals surface area contributed by atoms with Crippen LogP contribution in [-0.2, 0) is 4.79 Å². The van der Waals surface area contributed by atoms with Crippen LogP contribution in [0.3, 0.4) is 0 Å². The minimum Gasteiger partial charge on any atom is -0.481 e. The molecule has 0 heterocycles. The quantitative estimate of drug-likeness (QED) is 0.608. The number of amides is 2. The van der Waals surface area contributed by atoms with Gasteiger partial charge in [-0.1, -0.05) is 13.8 Å². The second kappa shape index (κ2) is 8.74. The smallest absolute Gasteiger partial charge is 0.317 e. The minimum atomic E-state index is -0.945. The molecule has 0 aliphatic heterocycles. The first-order valence-corrected chi connectivity index (χ1v) is 6.35. The van der Waals surface area contributed by atoms with Crippen LogP contribution in [0.25, 0.3) is 0 Å². The van der Waals surface area contributed by atoms with Gasteiger partial charge in [-0.15, -0.1) is 0 Å². The van der Waals surface area contributed by atoms with Crippen molar-refractivity contribution in [2.24, 2.45) is 0 Å². The van der Waals surface area contributed by atoms with Crippen LogP contribution in [0.2, 0.25) is 0 Å². The molecule has 0 saturated heterocycles. The molecule has 0 radical (unpaired) electrons. The molecule has 6 nitrogen and oxygen atoms in total. The van der Waals surface area contributed by atoms with Crippen LogP contribution in [0.5, 0.6) is 0 Å². The van der Waals surface area contributed by atoms with Gasteiger partial charge in [0.05, 0.1) is 13.0 Å². The van der Waals surface area contributed by atoms with Crippen molar-refractivity contribution in [2.75, 3.05) is 13.2 Å². The molecule has 0 aromatic carbocycles. The summed E-state index contributed by atoms with van der Waals surface area (Å²) in [4.78, 5) is 24.1. The summed E-state index contributed by atoms with van der Waals surface area (Å²) in [6, 6.07) is -0.675. The lowest BCUT2D eigenvalue weighted by Crippen LogP contribution is -2.49. The summed E-state index contributed by atoms with van der Waals surface area (Å²) >= 11 is 0. The van der Waals surface area contributed by atoms with Crippen molar-refractivity contribution >= 4 is 12.0 Å². The van der Waals surface area contributed by atoms with Crippen LogP contribution in [0.4, 0.5) is 4.79 Å². The fourth-order valence-electron chi connectivity index (χ4n) is 1.89. The standard InChI is InChI=1S/C12H24N2O4/c1-4-10(5-2)14(6-7-15)12(18)13-9(3)8-11(16)17/h9-10,15H,4-8H2,1-3H3,(H,13,18)(H,16,17). The first-order valence-electron chi connectivity index (χ1n) is 6.35. The van der Waals surface area contributed by atoms with Gasteiger partial charge in [0.1, 0.15) is 0 Å². The molecule has 0 rings (SSSR count). The summed E-state index contributed by atoms with van der Waals surface area (Å²) in [6.07, 6.45) is 1.50. The SMILES string of the molecule is CCC(CC)N(CCO)C(=O)NC(C)CC(=O)O. The second-order valence-electron chi connectivity index (χ2n) is 4.34. The lowest BCUT2D eigenvalue weighted by atomic mass is 10.1. The van der Waals surface area contributed by atoms with Gasteiger partial charge in [-0.05, 0) is 19.8 Å². The zero-order valence-electron chi connectivity index (χ0n) is 11.3. The van der Waals surface area contributed by atoms with Gasteiger partial charge in [0.15, 0.2) is 0 Å². The Morgan fingerprint density at radius 3 is 2.22 bits per heavy atom. The summed E-state index contributed by atoms with van der Waals surface area (Å²) < 4.78 is 0. The molecular weight excluding hydrogens is 236 g/mol. The fraction of sp³-hybridized carbons (Fsp3) is 0.833. The number of hydrogen-bond acceptors (Lipinski definition) is 3. The number of urea groups is 1. The van der Waals surface area contributed by atoms with Crippen LogP contribution >= 0.6 is 0 Å². The number of rotatable bonds is 8. The Kier molecular flexibility index (Phi) is 8.11. The highest BCUT2D eigenvalue weighted by Gasteiger charge is 2.22. The topological polar surface area (TPSA) is 89.9 Å². The van der Waals surface area contributed by atoms with E-state index < -0.39 is 12.0 Å². The highest BCUT2D eigenvalue weighted by atomic mass is 16.4. The maximum absolute atomic E-state index is 12.0. The fourth-order valence-corrected chi connectivity index (χ4v) is 1.89. The summed E-state index contributed by atoms with van der Waals surface area (Å²) in [5.41, 5.74) is 0. The third-order valence-corrected chi connectivity index (χ3v) is 2.84. The molecule has 0 aliphatic carbocycles. The third-order valence-electron chi connectivity index (χ3n) is 2.84. The average Bonchev–Trinajstić information content (AvgIpc) is 2.28. The van der Waals surface area contributed by atoms with Crippen LogP contribution in [0.15, 0.2) is 0 Å². The van der Waals surface area contributed by atoms with Gasteiger partial charge in [0, 0.05) is 18.6 Å². The molecule has 0 saturated carbocycles. The molecule has 1 atom stereocenters. The number of aliphatic hydroxyl groups excluding tert-OH is 1. The van der Waals surface area contributed by atoms with E-state index in [4.69, 9.17) is 10.2 Å². The van der Waals surface area contributed by atoms with Crippen LogP contribution in [-0.4, -0.2) is 52.3 Å². The van der Waals surface area contributed by atoms with Crippen molar-refractivity contribution in [2.45, 2.75) is 52.1 Å². The van der Waals surface area contributed by atoms with E-state index in [9.17, 15) is 9.59 Å². The molecule has 106 valence electrons. The molecule has 3 N–H and O–H groups in total. The number of carbonyl (C=O) groups is 2. The van der Waals surface area contributed by atoms with Crippen molar-refractivity contribution in [3.63, 3.8) is 0 Å². The maximum Gasteiger partial charge on any atom is 0.317 e. The molecule has 0 aromatic heterocycles. The van der Waals surface area contributed by atoms with Gasteiger partial charge in [-0.2, -0.15) is 0 Å². The minimum absolute atomic E-state index is 0.0641. The molecule has 2 amide bonds. The maximum atomic E-state index is 12.0. The Morgan fingerprint density at radius 1 is 1.28 bits per heavy atom. The molecule has 0 aliphatic rings. The molecule has 0 fully saturated rings. The number of aliphatic carboxylic acids is 1. The van der Waals surface area contributed by atoms with Gasteiger partial charge in [0.2, 0.25) is 0 Å². The van der Waals surface area contributed by atoms with Gasteiger partial charge < -0.3 is 20.4 Å². The van der Waals surface area contributed by atoms with Gasteiger partial charge in [0.25, 0.3) is 0 Å². The van der Waals surface area contributed by atoms with E-state index >= 15 is 0 Å². The largest absolute Gasteiger partial charge is 0.481 e. The number of aliphatic hydroxyl groups is 1. The lowest BCUT2D eigenvalue weighted by Gasteiger charge is -2.31. The number of nitrogens with zero attached hydrogens (tertiary/aromatic N) is 1. The Hall–Kier alpha value is -1.30. The Bertz CT molecular complexity index is 267. The van der Waals surface area contributed by atoms with Crippen LogP contribution in [0, 0.1) is 0 Å². The normalized spacial score (nSPS) is 12.3. The predicted molar refractivity (Wildman–Crippen MR) is 68.4 cm³/mol. The van der Waals surface area contributed by atoms with Crippen molar-refractivity contribution in [1.82, 2.24) is 10.2 Å². The highest BCUT2D eigenvalue weighted by molar-refractivity contribution is 5.76. The van der Waals surface area contributed by atoms with E-state index in [1.54, 1.807) is 11.8 Å². The number of carboxylic acid groups (broad SMARTS) is 1. The van der Waals surface area contributed by atoms with Crippen molar-refractivity contribution < 1.29 is 19.8 Å². The Morgan fingerprint density at radius 2 is 1.83 bits per heavy atom. The summed E-state index contributed by atoms with van der Waals surface area (Å²) in [6.45, 7) is 5.77. The van der Waals surface area contributed by atoms with E-state index in [2.05, 4.69) is 5.32 Å². The van der Waals surface area contributed by atoms with Crippen molar-refractivity contribution in [3.05, 3.63) is 0 Å². The molecule has 18 heavy (non-hydrogen) atoms. The number of carbonyl (C=O) groups excluding carboxylic acids is 1. The van der Waals surface area contributed by atoms with Crippen molar-refractivity contribution in [1.29, 1.82) is 0 Å². The highest BCUT2D eigenvalue weighted by Crippen LogP contribution is 2.09. The lowest BCUT2D eigenvalue weighted by molar-refractivity contribution is -0.137. The average molecular weight is 260 g/mol. The van der Waals surface area contributed by atoms with Crippen molar-refractivity contribution in [3.8, 4) is 0 Å². The van der Waals surface area contributed by atoms with Gasteiger partial charge in [-0.3, -0.25) is 4.79 Å². The zero-order valence-corrected chi connectivity index (χ0v) is 11.3. The molecule has 0 spiro atoms. The van der Waals surface area contributed by atoms with Crippen LogP contribution < -0.4 is 5.32 Å². The van der Waals surface area contributed by atoms with E-state index in [0.717, 1.165) is 12.8 Å². The number of carboxylic acids is 1. The summed E-state index contributed by atoms with van der Waals surface area (Å²) in [5.74, 6) is -0.945. The number of nitrogens with one attached hydrogen (secondary N) is 1. The van der Waals surface area contributed by atoms with E-state index in [0.29, 0.717) is 0 Å². The molecule has 1 unspecified atom stereocenters. The molecular formula is C12H24N2O4. The first-order chi connectivity index (χ1) is 8.46. The predicted octanol–water partition coefficient (Wildman–Crippen LogP) is 1.04. The number of hydrogen-bond donors (Lipinski definition) is 3. The van der Waals surface area contributed by atoms with Crippen LogP contribution in [0.1, 0.15) is 40.0 Å². The van der Waals surface area contributed by atoms with E-state index in [1.807, 2.05) is 13.8 Å². The summed E-state index contributed by atoms with van der Waals surface area (Å²) in [5, 5.41) is 20.3. The van der Waals surface area contributed by atoms with Gasteiger partial charge in [-0.25, -0.2) is 4.79 Å². The molecule has 0 bridgehead atoms. The Labute approximate surface area is 108 Å². The molecule has 0 aromatic rings. The van der Waals surface area contributed by atoms with Gasteiger partial charge >= 0.3 is 12.0 Å². The second-order valence-corrected chi connectivity index (χ2v) is 4.34. The third kappa shape index (κ3) is 5.86. The molecule has 6 heteroatoms.